The molecule has 1 rings (SSSR count). The lowest BCUT2D eigenvalue weighted by atomic mass is 10.3. The van der Waals surface area contributed by atoms with E-state index in [-0.39, 0.29) is 24.2 Å². The summed E-state index contributed by atoms with van der Waals surface area (Å²) < 4.78 is 17.6. The molecule has 1 amide bonds. The van der Waals surface area contributed by atoms with Gasteiger partial charge >= 0.3 is 0 Å². The van der Waals surface area contributed by atoms with Gasteiger partial charge in [0, 0.05) is 5.69 Å². The summed E-state index contributed by atoms with van der Waals surface area (Å²) >= 11 is 0. The molecule has 0 saturated carbocycles. The minimum absolute atomic E-state index is 0.219. The molecule has 18 heavy (non-hydrogen) atoms. The molecule has 0 radical (unpaired) electrons. The van der Waals surface area contributed by atoms with Crippen LogP contribution in [-0.2, 0) is 14.4 Å². The molecule has 0 aliphatic rings. The normalized spacial score (nSPS) is 9.67. The molecule has 0 bridgehead atoms. The number of rotatable bonds is 7. The molecule has 0 aliphatic heterocycles. The van der Waals surface area contributed by atoms with Crippen molar-refractivity contribution in [3.8, 4) is 0 Å². The third-order valence-electron chi connectivity index (χ3n) is 1.84. The molecule has 0 aliphatic carbocycles. The summed E-state index contributed by atoms with van der Waals surface area (Å²) in [6.45, 7) is 5.54. The number of carbonyl (C=O) groups excluding carboxylic acids is 1. The first-order chi connectivity index (χ1) is 8.61. The maximum Gasteiger partial charge on any atom is 0.253 e. The van der Waals surface area contributed by atoms with E-state index in [1.165, 1.54) is 24.3 Å². The van der Waals surface area contributed by atoms with Crippen LogP contribution in [0.15, 0.2) is 36.7 Å². The van der Waals surface area contributed by atoms with Gasteiger partial charge in [0.05, 0.1) is 6.61 Å². The number of nitrogens with one attached hydrogen (secondary N) is 2. The molecule has 0 heterocycles. The molecule has 1 aromatic carbocycles. The van der Waals surface area contributed by atoms with Crippen LogP contribution in [0.4, 0.5) is 10.1 Å². The maximum absolute atomic E-state index is 12.6. The Hall–Kier alpha value is -2.08. The highest BCUT2D eigenvalue weighted by Crippen LogP contribution is 2.07. The molecule has 0 saturated heterocycles. The van der Waals surface area contributed by atoms with Gasteiger partial charge in [-0.2, -0.15) is 0 Å². The van der Waals surface area contributed by atoms with E-state index in [0.29, 0.717) is 12.3 Å². The predicted molar refractivity (Wildman–Crippen MR) is 64.9 cm³/mol. The van der Waals surface area contributed by atoms with Crippen LogP contribution in [0.5, 0.6) is 0 Å². The SMILES string of the molecule is C=C(NOCC(=O)Nc1ccc([18F])cc1)OCC. The molecule has 0 fully saturated rings. The molecule has 0 unspecified atom stereocenters. The van der Waals surface area contributed by atoms with Crippen molar-refractivity contribution in [3.05, 3.63) is 42.5 Å². The zero-order valence-electron chi connectivity index (χ0n) is 10.0. The van der Waals surface area contributed by atoms with Gasteiger partial charge in [-0.15, -0.1) is 0 Å². The maximum atomic E-state index is 12.6. The van der Waals surface area contributed by atoms with Gasteiger partial charge in [-0.25, -0.2) is 9.87 Å². The number of ether oxygens (including phenoxy) is 1. The zero-order chi connectivity index (χ0) is 13.4. The van der Waals surface area contributed by atoms with Crippen molar-refractivity contribution in [1.29, 1.82) is 0 Å². The van der Waals surface area contributed by atoms with Gasteiger partial charge in [0.2, 0.25) is 5.88 Å². The molecule has 1 aromatic rings. The van der Waals surface area contributed by atoms with Crippen molar-refractivity contribution in [2.24, 2.45) is 0 Å². The monoisotopic (exact) mass is 253 g/mol. The van der Waals surface area contributed by atoms with Crippen molar-refractivity contribution >= 4 is 11.6 Å². The number of benzene rings is 1. The van der Waals surface area contributed by atoms with Gasteiger partial charge in [-0.05, 0) is 37.8 Å². The molecular formula is C12H15FN2O3. The van der Waals surface area contributed by atoms with E-state index in [4.69, 9.17) is 9.57 Å². The number of amides is 1. The fraction of sp³-hybridized carbons (Fsp3) is 0.250. The second-order valence-corrected chi connectivity index (χ2v) is 3.30. The van der Waals surface area contributed by atoms with Crippen LogP contribution in [0.1, 0.15) is 6.92 Å². The lowest BCUT2D eigenvalue weighted by Gasteiger charge is -2.09. The third kappa shape index (κ3) is 5.31. The first kappa shape index (κ1) is 14.0. The Morgan fingerprint density at radius 2 is 2.06 bits per heavy atom. The molecule has 6 heteroatoms. The number of hydrogen-bond donors (Lipinski definition) is 2. The van der Waals surface area contributed by atoms with Crippen LogP contribution in [-0.4, -0.2) is 19.1 Å². The molecule has 0 aromatic heterocycles. The van der Waals surface area contributed by atoms with Crippen molar-refractivity contribution in [2.75, 3.05) is 18.5 Å². The van der Waals surface area contributed by atoms with Gasteiger partial charge in [0.15, 0.2) is 6.61 Å². The number of halogens is 1. The first-order valence-electron chi connectivity index (χ1n) is 5.36. The van der Waals surface area contributed by atoms with E-state index in [2.05, 4.69) is 17.4 Å². The quantitative estimate of drug-likeness (QED) is 0.574. The van der Waals surface area contributed by atoms with E-state index >= 15 is 0 Å². The predicted octanol–water partition coefficient (Wildman–Crippen LogP) is 1.79. The summed E-state index contributed by atoms with van der Waals surface area (Å²) in [5.41, 5.74) is 2.87. The van der Waals surface area contributed by atoms with Gasteiger partial charge in [0.1, 0.15) is 5.82 Å². The highest BCUT2D eigenvalue weighted by atomic mass is 18.2. The van der Waals surface area contributed by atoms with E-state index in [1.54, 1.807) is 6.92 Å². The average molecular weight is 253 g/mol. The van der Waals surface area contributed by atoms with Gasteiger partial charge in [0.25, 0.3) is 5.91 Å². The summed E-state index contributed by atoms with van der Waals surface area (Å²) in [6.07, 6.45) is 0. The van der Waals surface area contributed by atoms with E-state index in [9.17, 15) is 9.18 Å². The van der Waals surface area contributed by atoms with Crippen LogP contribution in [0.2, 0.25) is 0 Å². The Bertz CT molecular complexity index is 406. The summed E-state index contributed by atoms with van der Waals surface area (Å²) in [5, 5.41) is 2.53. The third-order valence-corrected chi connectivity index (χ3v) is 1.84. The molecule has 0 atom stereocenters. The number of hydrogen-bond acceptors (Lipinski definition) is 4. The minimum atomic E-state index is -0.376. The van der Waals surface area contributed by atoms with Gasteiger partial charge in [-0.3, -0.25) is 9.63 Å². The Labute approximate surface area is 105 Å². The summed E-state index contributed by atoms with van der Waals surface area (Å²) in [7, 11) is 0. The van der Waals surface area contributed by atoms with Crippen LogP contribution < -0.4 is 10.8 Å². The highest BCUT2D eigenvalue weighted by molar-refractivity contribution is 5.91. The van der Waals surface area contributed by atoms with Crippen LogP contribution >= 0.6 is 0 Å². The van der Waals surface area contributed by atoms with E-state index < -0.39 is 0 Å². The van der Waals surface area contributed by atoms with Crippen molar-refractivity contribution in [2.45, 2.75) is 6.92 Å². The summed E-state index contributed by atoms with van der Waals surface area (Å²) in [5.74, 6) is -0.510. The molecule has 98 valence electrons. The molecular weight excluding hydrogens is 238 g/mol. The van der Waals surface area contributed by atoms with Crippen molar-refractivity contribution < 1.29 is 18.8 Å². The van der Waals surface area contributed by atoms with Crippen LogP contribution in [0.3, 0.4) is 0 Å². The van der Waals surface area contributed by atoms with E-state index in [0.717, 1.165) is 0 Å². The smallest absolute Gasteiger partial charge is 0.253 e. The Kier molecular flexibility index (Phi) is 5.66. The Balaban J connectivity index is 2.25. The second kappa shape index (κ2) is 7.29. The highest BCUT2D eigenvalue weighted by Gasteiger charge is 2.03. The summed E-state index contributed by atoms with van der Waals surface area (Å²) in [6, 6.07) is 5.43. The number of hydroxylamine groups is 1. The standard InChI is InChI=1S/C12H15FN2O3/c1-3-17-9(2)15-18-8-12(16)14-11-6-4-10(13)5-7-11/h4-7,15H,2-3,8H2,1H3,(H,14,16)/i13-1. The van der Waals surface area contributed by atoms with Gasteiger partial charge < -0.3 is 10.1 Å². The Morgan fingerprint density at radius 1 is 1.39 bits per heavy atom. The molecule has 2 N–H and O–H groups in total. The number of carbonyl (C=O) groups is 1. The van der Waals surface area contributed by atoms with Crippen LogP contribution in [0, 0.1) is 5.82 Å². The first-order valence-corrected chi connectivity index (χ1v) is 5.36. The molecule has 0 spiro atoms. The van der Waals surface area contributed by atoms with Crippen molar-refractivity contribution in [1.82, 2.24) is 5.48 Å². The average Bonchev–Trinajstić information content (AvgIpc) is 2.32. The topological polar surface area (TPSA) is 59.6 Å². The second-order valence-electron chi connectivity index (χ2n) is 3.30. The van der Waals surface area contributed by atoms with Crippen LogP contribution in [0.25, 0.3) is 0 Å². The number of anilines is 1. The fourth-order valence-corrected chi connectivity index (χ4v) is 1.12. The van der Waals surface area contributed by atoms with Gasteiger partial charge in [-0.1, -0.05) is 0 Å². The Morgan fingerprint density at radius 3 is 2.67 bits per heavy atom. The molecule has 5 nitrogen and oxygen atoms in total. The largest absolute Gasteiger partial charge is 0.478 e. The summed E-state index contributed by atoms with van der Waals surface area (Å²) in [4.78, 5) is 16.2. The minimum Gasteiger partial charge on any atom is -0.478 e. The lowest BCUT2D eigenvalue weighted by molar-refractivity contribution is -0.123. The zero-order valence-corrected chi connectivity index (χ0v) is 10.0. The van der Waals surface area contributed by atoms with E-state index in [1.807, 2.05) is 0 Å². The van der Waals surface area contributed by atoms with Crippen molar-refractivity contribution in [3.63, 3.8) is 0 Å². The lowest BCUT2D eigenvalue weighted by Crippen LogP contribution is -2.24. The fourth-order valence-electron chi connectivity index (χ4n) is 1.12.